The molecule has 0 aromatic rings. The van der Waals surface area contributed by atoms with Crippen molar-refractivity contribution in [2.45, 2.75) is 111 Å². The van der Waals surface area contributed by atoms with E-state index in [-0.39, 0.29) is 10.8 Å². The van der Waals surface area contributed by atoms with E-state index < -0.39 is 0 Å². The maximum atomic E-state index is 10.2. The molecule has 0 aliphatic heterocycles. The minimum absolute atomic E-state index is 0. The summed E-state index contributed by atoms with van der Waals surface area (Å²) in [4.78, 5) is 0. The highest BCUT2D eigenvalue weighted by Gasteiger charge is 2.59. The predicted octanol–water partition coefficient (Wildman–Crippen LogP) is 7.54. The standard InChI is InChI=1S/C27H46O.FH/c1-18(2)7-6-8-19(3)23-11-12-24-22-10-9-20-17-21(28)13-15-26(20,4)25(22)14-16-27(23,24)5;/h9,18-19,21-25,28H,6-8,10-17H2,1-5H3;1H/t19?,21-,22-,23+,24-,25-,26-,27+;/m0./s1. The van der Waals surface area contributed by atoms with E-state index in [1.54, 1.807) is 5.57 Å². The number of hydrogen-bond donors (Lipinski definition) is 1. The maximum Gasteiger partial charge on any atom is 0.0577 e. The number of fused-ring (bicyclic) bond motifs is 5. The number of allylic oxidation sites excluding steroid dienone is 1. The van der Waals surface area contributed by atoms with Gasteiger partial charge in [0.2, 0.25) is 0 Å². The molecule has 1 nitrogen and oxygen atoms in total. The summed E-state index contributed by atoms with van der Waals surface area (Å²) in [6, 6.07) is 0. The summed E-state index contributed by atoms with van der Waals surface area (Å²) in [7, 11) is 0. The van der Waals surface area contributed by atoms with Crippen molar-refractivity contribution in [1.29, 1.82) is 0 Å². The lowest BCUT2D eigenvalue weighted by Crippen LogP contribution is -2.50. The number of rotatable bonds is 5. The first-order valence-corrected chi connectivity index (χ1v) is 12.6. The Hall–Kier alpha value is -0.370. The second-order valence-electron chi connectivity index (χ2n) is 12.2. The van der Waals surface area contributed by atoms with Crippen LogP contribution in [0.15, 0.2) is 11.6 Å². The number of aliphatic hydroxyl groups excluding tert-OH is 1. The third kappa shape index (κ3) is 3.97. The zero-order valence-corrected chi connectivity index (χ0v) is 19.8. The van der Waals surface area contributed by atoms with Crippen LogP contribution >= 0.6 is 0 Å². The molecule has 0 amide bonds. The quantitative estimate of drug-likeness (QED) is 0.467. The second-order valence-corrected chi connectivity index (χ2v) is 12.2. The van der Waals surface area contributed by atoms with Crippen LogP contribution < -0.4 is 0 Å². The van der Waals surface area contributed by atoms with Crippen molar-refractivity contribution in [3.05, 3.63) is 11.6 Å². The van der Waals surface area contributed by atoms with Crippen LogP contribution in [0, 0.1) is 46.3 Å². The molecule has 3 saturated carbocycles. The summed E-state index contributed by atoms with van der Waals surface area (Å²) in [5.74, 6) is 5.46. The molecule has 168 valence electrons. The molecule has 0 radical (unpaired) electrons. The molecule has 3 fully saturated rings. The van der Waals surface area contributed by atoms with Crippen LogP contribution in [0.4, 0.5) is 4.70 Å². The molecule has 8 atom stereocenters. The lowest BCUT2D eigenvalue weighted by molar-refractivity contribution is -0.0573. The number of halogens is 1. The van der Waals surface area contributed by atoms with Crippen LogP contribution in [-0.4, -0.2) is 11.2 Å². The van der Waals surface area contributed by atoms with E-state index in [0.29, 0.717) is 10.8 Å². The van der Waals surface area contributed by atoms with Crippen LogP contribution in [0.2, 0.25) is 0 Å². The molecule has 0 bridgehead atoms. The van der Waals surface area contributed by atoms with Crippen LogP contribution in [-0.2, 0) is 0 Å². The van der Waals surface area contributed by atoms with Gasteiger partial charge in [-0.3, -0.25) is 4.70 Å². The van der Waals surface area contributed by atoms with Gasteiger partial charge in [-0.05, 0) is 97.7 Å². The van der Waals surface area contributed by atoms with Crippen molar-refractivity contribution in [2.24, 2.45) is 46.3 Å². The van der Waals surface area contributed by atoms with E-state index in [4.69, 9.17) is 0 Å². The average Bonchev–Trinajstić information content (AvgIpc) is 2.99. The average molecular weight is 407 g/mol. The first-order chi connectivity index (χ1) is 13.3. The Morgan fingerprint density at radius 1 is 1.00 bits per heavy atom. The zero-order chi connectivity index (χ0) is 20.1. The normalized spacial score (nSPS) is 44.9. The van der Waals surface area contributed by atoms with E-state index in [1.807, 2.05) is 0 Å². The topological polar surface area (TPSA) is 20.2 Å². The molecule has 29 heavy (non-hydrogen) atoms. The number of hydrogen-bond acceptors (Lipinski definition) is 1. The molecule has 4 rings (SSSR count). The fourth-order valence-corrected chi connectivity index (χ4v) is 8.67. The van der Waals surface area contributed by atoms with Gasteiger partial charge in [0, 0.05) is 0 Å². The van der Waals surface area contributed by atoms with Crippen molar-refractivity contribution in [3.8, 4) is 0 Å². The van der Waals surface area contributed by atoms with Crippen molar-refractivity contribution in [1.82, 2.24) is 0 Å². The molecular weight excluding hydrogens is 359 g/mol. The highest BCUT2D eigenvalue weighted by molar-refractivity contribution is 5.25. The fourth-order valence-electron chi connectivity index (χ4n) is 8.67. The van der Waals surface area contributed by atoms with Gasteiger partial charge in [-0.2, -0.15) is 0 Å². The monoisotopic (exact) mass is 406 g/mol. The Bertz CT molecular complexity index is 597. The Kier molecular flexibility index (Phi) is 6.94. The smallest absolute Gasteiger partial charge is 0.0577 e. The first kappa shape index (κ1) is 23.3. The van der Waals surface area contributed by atoms with Gasteiger partial charge in [0.25, 0.3) is 0 Å². The van der Waals surface area contributed by atoms with Crippen molar-refractivity contribution in [3.63, 3.8) is 0 Å². The van der Waals surface area contributed by atoms with Crippen LogP contribution in [0.5, 0.6) is 0 Å². The molecule has 4 aliphatic carbocycles. The first-order valence-electron chi connectivity index (χ1n) is 12.6. The van der Waals surface area contributed by atoms with Gasteiger partial charge in [-0.15, -0.1) is 0 Å². The number of aliphatic hydroxyl groups is 1. The molecule has 1 N–H and O–H groups in total. The summed E-state index contributed by atoms with van der Waals surface area (Å²) >= 11 is 0. The van der Waals surface area contributed by atoms with Gasteiger partial charge < -0.3 is 5.11 Å². The third-order valence-electron chi connectivity index (χ3n) is 10.3. The van der Waals surface area contributed by atoms with Gasteiger partial charge in [0.05, 0.1) is 6.10 Å². The fraction of sp³-hybridized carbons (Fsp3) is 0.926. The Balaban J connectivity index is 0.00000240. The highest BCUT2D eigenvalue weighted by atomic mass is 19.0. The Labute approximate surface area is 179 Å². The second kappa shape index (κ2) is 8.64. The van der Waals surface area contributed by atoms with Crippen molar-refractivity contribution >= 4 is 0 Å². The van der Waals surface area contributed by atoms with Gasteiger partial charge in [0.15, 0.2) is 0 Å². The molecule has 0 aromatic carbocycles. The van der Waals surface area contributed by atoms with E-state index in [2.05, 4.69) is 40.7 Å². The van der Waals surface area contributed by atoms with Crippen LogP contribution in [0.25, 0.3) is 0 Å². The largest absolute Gasteiger partial charge is 0.393 e. The van der Waals surface area contributed by atoms with Crippen LogP contribution in [0.3, 0.4) is 0 Å². The SMILES string of the molecule is CC(C)CCCC(C)[C@H]1CC[C@H]2[C@@H]3CC=C4C[C@@H](O)CC[C@]4(C)[C@H]3CC[C@]12C.F. The molecule has 2 heteroatoms. The van der Waals surface area contributed by atoms with Crippen molar-refractivity contribution in [2.75, 3.05) is 0 Å². The Morgan fingerprint density at radius 2 is 1.76 bits per heavy atom. The van der Waals surface area contributed by atoms with Gasteiger partial charge in [0.1, 0.15) is 0 Å². The van der Waals surface area contributed by atoms with Gasteiger partial charge >= 0.3 is 0 Å². The van der Waals surface area contributed by atoms with Gasteiger partial charge in [-0.25, -0.2) is 0 Å². The molecule has 0 heterocycles. The molecule has 4 aliphatic rings. The van der Waals surface area contributed by atoms with E-state index in [9.17, 15) is 5.11 Å². The summed E-state index contributed by atoms with van der Waals surface area (Å²) in [5.41, 5.74) is 2.60. The summed E-state index contributed by atoms with van der Waals surface area (Å²) in [5, 5.41) is 10.2. The molecule has 0 saturated heterocycles. The highest BCUT2D eigenvalue weighted by Crippen LogP contribution is 2.67. The predicted molar refractivity (Wildman–Crippen MR) is 122 cm³/mol. The lowest BCUT2D eigenvalue weighted by atomic mass is 9.47. The Morgan fingerprint density at radius 3 is 2.48 bits per heavy atom. The summed E-state index contributed by atoms with van der Waals surface area (Å²) < 4.78 is 0. The van der Waals surface area contributed by atoms with Crippen LogP contribution in [0.1, 0.15) is 105 Å². The maximum absolute atomic E-state index is 10.2. The third-order valence-corrected chi connectivity index (χ3v) is 10.3. The van der Waals surface area contributed by atoms with E-state index in [1.165, 1.54) is 57.8 Å². The summed E-state index contributed by atoms with van der Waals surface area (Å²) in [6.45, 7) is 12.6. The molecule has 1 unspecified atom stereocenters. The van der Waals surface area contributed by atoms with E-state index in [0.717, 1.165) is 48.3 Å². The van der Waals surface area contributed by atoms with Crippen molar-refractivity contribution < 1.29 is 9.81 Å². The molecule has 0 aromatic heterocycles. The zero-order valence-electron chi connectivity index (χ0n) is 19.8. The minimum atomic E-state index is -0.0766. The summed E-state index contributed by atoms with van der Waals surface area (Å²) in [6.07, 6.45) is 17.2. The molecule has 0 spiro atoms. The van der Waals surface area contributed by atoms with E-state index >= 15 is 0 Å². The minimum Gasteiger partial charge on any atom is -0.393 e. The molecular formula is C27H47FO. The van der Waals surface area contributed by atoms with Gasteiger partial charge in [-0.1, -0.05) is 65.5 Å². The lowest BCUT2D eigenvalue weighted by Gasteiger charge is -2.58.